The van der Waals surface area contributed by atoms with E-state index >= 15 is 0 Å². The molecule has 4 aromatic heterocycles. The maximum Gasteiger partial charge on any atom is 0.228 e. The van der Waals surface area contributed by atoms with Gasteiger partial charge in [0.2, 0.25) is 11.9 Å². The molecule has 4 aromatic rings. The van der Waals surface area contributed by atoms with E-state index in [1.54, 1.807) is 18.6 Å². The summed E-state index contributed by atoms with van der Waals surface area (Å²) in [6, 6.07) is 9.63. The highest BCUT2D eigenvalue weighted by Crippen LogP contribution is 2.36. The van der Waals surface area contributed by atoms with Crippen LogP contribution in [-0.2, 0) is 0 Å². The normalized spacial score (nSPS) is 16.3. The lowest BCUT2D eigenvalue weighted by Crippen LogP contribution is -2.25. The molecule has 1 atom stereocenters. The Morgan fingerprint density at radius 2 is 2.10 bits per heavy atom. The largest absolute Gasteiger partial charge is 0.358 e. The minimum Gasteiger partial charge on any atom is -0.358 e. The first-order valence-electron chi connectivity index (χ1n) is 9.53. The molecule has 1 saturated heterocycles. The number of hydrogen-bond acceptors (Lipinski definition) is 8. The van der Waals surface area contributed by atoms with Crippen LogP contribution in [0.2, 0.25) is 0 Å². The summed E-state index contributed by atoms with van der Waals surface area (Å²) in [6.07, 6.45) is 7.19. The van der Waals surface area contributed by atoms with Crippen molar-refractivity contribution in [3.63, 3.8) is 0 Å². The lowest BCUT2D eigenvalue weighted by Gasteiger charge is -2.23. The molecule has 146 valence electrons. The summed E-state index contributed by atoms with van der Waals surface area (Å²) in [5, 5.41) is 7.39. The Labute approximate surface area is 167 Å². The van der Waals surface area contributed by atoms with E-state index in [0.717, 1.165) is 42.2 Å². The standard InChI is InChI=1S/C20H20N8O/c1-13-11-18(25-19-22-8-9-23-19)26-20(24-13)28-10-4-6-16(28)17-12-15(27-29-17)14-5-2-3-7-21-14/h2-3,5,7-9,11-12,16H,4,6,10H2,1H3,(H2,22,23,24,25,26). The second-order valence-electron chi connectivity index (χ2n) is 6.94. The number of rotatable bonds is 5. The fraction of sp³-hybridized carbons (Fsp3) is 0.250. The van der Waals surface area contributed by atoms with E-state index in [0.29, 0.717) is 17.7 Å². The SMILES string of the molecule is Cc1cc(Nc2ncc[nH]2)nc(N2CCCC2c2cc(-c3ccccn3)no2)n1. The summed E-state index contributed by atoms with van der Waals surface area (Å²) in [4.78, 5) is 23.1. The molecular weight excluding hydrogens is 368 g/mol. The number of hydrogen-bond donors (Lipinski definition) is 2. The number of aryl methyl sites for hydroxylation is 1. The Hall–Kier alpha value is -3.75. The van der Waals surface area contributed by atoms with Crippen LogP contribution in [0.15, 0.2) is 53.4 Å². The Balaban J connectivity index is 1.42. The molecule has 0 amide bonds. The molecule has 0 aliphatic carbocycles. The summed E-state index contributed by atoms with van der Waals surface area (Å²) in [5.41, 5.74) is 2.41. The number of imidazole rings is 1. The van der Waals surface area contributed by atoms with Crippen LogP contribution in [0.5, 0.6) is 0 Å². The summed E-state index contributed by atoms with van der Waals surface area (Å²) in [5.74, 6) is 2.80. The number of aromatic nitrogens is 6. The Morgan fingerprint density at radius 1 is 1.14 bits per heavy atom. The van der Waals surface area contributed by atoms with E-state index in [-0.39, 0.29) is 6.04 Å². The smallest absolute Gasteiger partial charge is 0.228 e. The Bertz CT molecular complexity index is 1090. The van der Waals surface area contributed by atoms with Gasteiger partial charge in [0.1, 0.15) is 11.5 Å². The third-order valence-corrected chi connectivity index (χ3v) is 4.88. The molecule has 1 fully saturated rings. The third-order valence-electron chi connectivity index (χ3n) is 4.88. The molecule has 2 N–H and O–H groups in total. The van der Waals surface area contributed by atoms with Gasteiger partial charge in [-0.3, -0.25) is 4.98 Å². The van der Waals surface area contributed by atoms with Gasteiger partial charge in [-0.15, -0.1) is 0 Å². The van der Waals surface area contributed by atoms with Crippen molar-refractivity contribution in [1.82, 2.24) is 30.1 Å². The average Bonchev–Trinajstić information content (AvgIpc) is 3.49. The number of nitrogens with zero attached hydrogens (tertiary/aromatic N) is 6. The van der Waals surface area contributed by atoms with Gasteiger partial charge >= 0.3 is 0 Å². The molecule has 1 aliphatic rings. The van der Waals surface area contributed by atoms with E-state index in [4.69, 9.17) is 9.51 Å². The van der Waals surface area contributed by atoms with Gasteiger partial charge in [-0.1, -0.05) is 11.2 Å². The lowest BCUT2D eigenvalue weighted by atomic mass is 10.1. The predicted octanol–water partition coefficient (Wildman–Crippen LogP) is 3.64. The second kappa shape index (κ2) is 7.34. The minimum absolute atomic E-state index is 0.0400. The molecule has 5 rings (SSSR count). The van der Waals surface area contributed by atoms with Gasteiger partial charge < -0.3 is 19.7 Å². The maximum atomic E-state index is 5.68. The molecule has 0 saturated carbocycles. The van der Waals surface area contributed by atoms with Crippen molar-refractivity contribution in [1.29, 1.82) is 0 Å². The first-order valence-corrected chi connectivity index (χ1v) is 9.53. The molecular formula is C20H20N8O. The van der Waals surface area contributed by atoms with Crippen LogP contribution in [-0.4, -0.2) is 36.6 Å². The van der Waals surface area contributed by atoms with E-state index in [2.05, 4.69) is 35.3 Å². The zero-order valence-corrected chi connectivity index (χ0v) is 15.9. The fourth-order valence-electron chi connectivity index (χ4n) is 3.58. The summed E-state index contributed by atoms with van der Waals surface area (Å²) >= 11 is 0. The third kappa shape index (κ3) is 3.54. The van der Waals surface area contributed by atoms with Crippen LogP contribution in [0.1, 0.15) is 30.3 Å². The first kappa shape index (κ1) is 17.4. The zero-order chi connectivity index (χ0) is 19.6. The number of H-pyrrole nitrogens is 1. The van der Waals surface area contributed by atoms with Gasteiger partial charge in [0, 0.05) is 43.0 Å². The van der Waals surface area contributed by atoms with Crippen LogP contribution >= 0.6 is 0 Å². The Kier molecular flexibility index (Phi) is 4.39. The first-order chi connectivity index (χ1) is 14.3. The topological polar surface area (TPSA) is 109 Å². The van der Waals surface area contributed by atoms with Crippen LogP contribution in [0.3, 0.4) is 0 Å². The number of anilines is 3. The molecule has 29 heavy (non-hydrogen) atoms. The summed E-state index contributed by atoms with van der Waals surface area (Å²) in [6.45, 7) is 2.81. The maximum absolute atomic E-state index is 5.68. The van der Waals surface area contributed by atoms with Crippen LogP contribution < -0.4 is 10.2 Å². The van der Waals surface area contributed by atoms with Crippen molar-refractivity contribution < 1.29 is 4.52 Å². The van der Waals surface area contributed by atoms with Crippen molar-refractivity contribution in [3.8, 4) is 11.4 Å². The minimum atomic E-state index is 0.0400. The van der Waals surface area contributed by atoms with Gasteiger partial charge in [0.25, 0.3) is 0 Å². The van der Waals surface area contributed by atoms with Crippen LogP contribution in [0, 0.1) is 6.92 Å². The molecule has 0 spiro atoms. The van der Waals surface area contributed by atoms with Crippen molar-refractivity contribution in [3.05, 3.63) is 60.4 Å². The number of nitrogens with one attached hydrogen (secondary N) is 2. The molecule has 1 aliphatic heterocycles. The molecule has 9 nitrogen and oxygen atoms in total. The molecule has 0 radical (unpaired) electrons. The molecule has 0 bridgehead atoms. The van der Waals surface area contributed by atoms with Gasteiger partial charge in [0.05, 0.1) is 11.7 Å². The second-order valence-corrected chi connectivity index (χ2v) is 6.94. The van der Waals surface area contributed by atoms with E-state index in [1.165, 1.54) is 0 Å². The molecule has 0 aromatic carbocycles. The monoisotopic (exact) mass is 388 g/mol. The predicted molar refractivity (Wildman–Crippen MR) is 108 cm³/mol. The summed E-state index contributed by atoms with van der Waals surface area (Å²) in [7, 11) is 0. The van der Waals surface area contributed by atoms with Crippen LogP contribution in [0.4, 0.5) is 17.7 Å². The van der Waals surface area contributed by atoms with Crippen molar-refractivity contribution in [2.75, 3.05) is 16.8 Å². The highest BCUT2D eigenvalue weighted by molar-refractivity contribution is 5.55. The molecule has 1 unspecified atom stereocenters. The van der Waals surface area contributed by atoms with Crippen LogP contribution in [0.25, 0.3) is 11.4 Å². The van der Waals surface area contributed by atoms with Gasteiger partial charge in [-0.25, -0.2) is 9.97 Å². The quantitative estimate of drug-likeness (QED) is 0.533. The fourth-order valence-corrected chi connectivity index (χ4v) is 3.58. The highest BCUT2D eigenvalue weighted by Gasteiger charge is 2.32. The molecule has 5 heterocycles. The number of pyridine rings is 1. The Morgan fingerprint density at radius 3 is 2.93 bits per heavy atom. The van der Waals surface area contributed by atoms with Gasteiger partial charge in [-0.2, -0.15) is 4.98 Å². The van der Waals surface area contributed by atoms with E-state index < -0.39 is 0 Å². The van der Waals surface area contributed by atoms with E-state index in [1.807, 2.05) is 37.3 Å². The van der Waals surface area contributed by atoms with Gasteiger partial charge in [-0.05, 0) is 31.9 Å². The zero-order valence-electron chi connectivity index (χ0n) is 15.9. The average molecular weight is 388 g/mol. The lowest BCUT2D eigenvalue weighted by molar-refractivity contribution is 0.362. The molecule has 9 heteroatoms. The summed E-state index contributed by atoms with van der Waals surface area (Å²) < 4.78 is 5.68. The number of aromatic amines is 1. The van der Waals surface area contributed by atoms with Crippen molar-refractivity contribution in [2.24, 2.45) is 0 Å². The van der Waals surface area contributed by atoms with Crippen molar-refractivity contribution in [2.45, 2.75) is 25.8 Å². The highest BCUT2D eigenvalue weighted by atomic mass is 16.5. The van der Waals surface area contributed by atoms with Gasteiger partial charge in [0.15, 0.2) is 5.76 Å². The van der Waals surface area contributed by atoms with E-state index in [9.17, 15) is 0 Å². The van der Waals surface area contributed by atoms with Crippen molar-refractivity contribution >= 4 is 17.7 Å².